The van der Waals surface area contributed by atoms with E-state index in [1.807, 2.05) is 65.1 Å². The molecule has 1 N–H and O–H groups in total. The van der Waals surface area contributed by atoms with E-state index in [1.165, 1.54) is 11.8 Å². The zero-order valence-corrected chi connectivity index (χ0v) is 14.4. The van der Waals surface area contributed by atoms with Crippen LogP contribution in [-0.4, -0.2) is 15.9 Å². The zero-order valence-electron chi connectivity index (χ0n) is 13.6. The van der Waals surface area contributed by atoms with Crippen LogP contribution in [0.2, 0.25) is 0 Å². The van der Waals surface area contributed by atoms with Crippen molar-refractivity contribution < 1.29 is 4.79 Å². The summed E-state index contributed by atoms with van der Waals surface area (Å²) in [5.74, 6) is 0.00500. The van der Waals surface area contributed by atoms with Gasteiger partial charge in [-0.1, -0.05) is 20.8 Å². The molecule has 0 atom stereocenters. The number of benzene rings is 1. The Balaban J connectivity index is 2.06. The number of nitrogens with zero attached hydrogens (tertiary/aromatic N) is 2. The molecule has 5 heteroatoms. The highest BCUT2D eigenvalue weighted by Gasteiger charge is 2.20. The van der Waals surface area contributed by atoms with E-state index in [9.17, 15) is 4.79 Å². The highest BCUT2D eigenvalue weighted by atomic mass is 32.2. The minimum Gasteiger partial charge on any atom is -0.326 e. The third-order valence-electron chi connectivity index (χ3n) is 3.21. The molecule has 0 radical (unpaired) electrons. The first-order chi connectivity index (χ1) is 10.3. The van der Waals surface area contributed by atoms with Gasteiger partial charge in [0.1, 0.15) is 0 Å². The van der Waals surface area contributed by atoms with Crippen LogP contribution in [0.5, 0.6) is 0 Å². The van der Waals surface area contributed by atoms with E-state index in [2.05, 4.69) is 15.3 Å². The van der Waals surface area contributed by atoms with Crippen LogP contribution < -0.4 is 5.32 Å². The maximum absolute atomic E-state index is 11.9. The van der Waals surface area contributed by atoms with Gasteiger partial charge in [0.15, 0.2) is 5.16 Å². The van der Waals surface area contributed by atoms with Gasteiger partial charge in [0.05, 0.1) is 0 Å². The summed E-state index contributed by atoms with van der Waals surface area (Å²) in [6, 6.07) is 7.71. The number of amides is 1. The van der Waals surface area contributed by atoms with E-state index >= 15 is 0 Å². The Morgan fingerprint density at radius 3 is 2.32 bits per heavy atom. The first-order valence-electron chi connectivity index (χ1n) is 7.15. The summed E-state index contributed by atoms with van der Waals surface area (Å²) >= 11 is 1.51. The average Bonchev–Trinajstić information content (AvgIpc) is 2.44. The van der Waals surface area contributed by atoms with E-state index in [1.54, 1.807) is 0 Å². The summed E-state index contributed by atoms with van der Waals surface area (Å²) in [6.07, 6.45) is 1.84. The van der Waals surface area contributed by atoms with Crippen molar-refractivity contribution in [2.24, 2.45) is 5.41 Å². The lowest BCUT2D eigenvalue weighted by Gasteiger charge is -2.17. The summed E-state index contributed by atoms with van der Waals surface area (Å²) < 4.78 is 0. The second-order valence-corrected chi connectivity index (χ2v) is 7.29. The second kappa shape index (κ2) is 6.48. The molecule has 1 aromatic heterocycles. The van der Waals surface area contributed by atoms with Crippen molar-refractivity contribution in [1.29, 1.82) is 0 Å². The average molecular weight is 315 g/mol. The van der Waals surface area contributed by atoms with Gasteiger partial charge < -0.3 is 5.32 Å². The van der Waals surface area contributed by atoms with Gasteiger partial charge in [-0.25, -0.2) is 9.97 Å². The van der Waals surface area contributed by atoms with E-state index in [4.69, 9.17) is 0 Å². The Morgan fingerprint density at radius 2 is 1.77 bits per heavy atom. The molecule has 0 unspecified atom stereocenters. The molecular weight excluding hydrogens is 294 g/mol. The fourth-order valence-corrected chi connectivity index (χ4v) is 2.36. The summed E-state index contributed by atoms with van der Waals surface area (Å²) in [5, 5.41) is 3.64. The van der Waals surface area contributed by atoms with Crippen molar-refractivity contribution in [3.8, 4) is 0 Å². The monoisotopic (exact) mass is 315 g/mol. The second-order valence-electron chi connectivity index (χ2n) is 6.25. The van der Waals surface area contributed by atoms with Crippen molar-refractivity contribution in [2.75, 3.05) is 5.32 Å². The van der Waals surface area contributed by atoms with Gasteiger partial charge in [-0.15, -0.1) is 0 Å². The highest BCUT2D eigenvalue weighted by molar-refractivity contribution is 7.99. The Labute approximate surface area is 135 Å². The van der Waals surface area contributed by atoms with E-state index in [-0.39, 0.29) is 5.91 Å². The van der Waals surface area contributed by atoms with Crippen LogP contribution in [0, 0.1) is 19.3 Å². The predicted octanol–water partition coefficient (Wildman–Crippen LogP) is 4.23. The standard InChI is InChI=1S/C17H21N3OS/c1-11-10-18-16(19-12(11)2)22-14-8-6-13(7-9-14)20-15(21)17(3,4)5/h6-10H,1-5H3,(H,20,21). The van der Waals surface area contributed by atoms with Gasteiger partial charge in [0.2, 0.25) is 5.91 Å². The fraction of sp³-hybridized carbons (Fsp3) is 0.353. The largest absolute Gasteiger partial charge is 0.326 e. The van der Waals surface area contributed by atoms with Crippen molar-refractivity contribution in [3.63, 3.8) is 0 Å². The van der Waals surface area contributed by atoms with Crippen LogP contribution in [0.3, 0.4) is 0 Å². The number of carbonyl (C=O) groups excluding carboxylic acids is 1. The van der Waals surface area contributed by atoms with Gasteiger partial charge in [0, 0.05) is 27.9 Å². The molecule has 1 aromatic carbocycles. The number of aromatic nitrogens is 2. The molecule has 2 aromatic rings. The quantitative estimate of drug-likeness (QED) is 0.861. The first kappa shape index (κ1) is 16.5. The Bertz CT molecular complexity index is 675. The maximum atomic E-state index is 11.9. The lowest BCUT2D eigenvalue weighted by Crippen LogP contribution is -2.27. The van der Waals surface area contributed by atoms with Crippen LogP contribution in [0.1, 0.15) is 32.0 Å². The Kier molecular flexibility index (Phi) is 4.86. The SMILES string of the molecule is Cc1cnc(Sc2ccc(NC(=O)C(C)(C)C)cc2)nc1C. The van der Waals surface area contributed by atoms with Crippen molar-refractivity contribution in [3.05, 3.63) is 41.7 Å². The third-order valence-corrected chi connectivity index (χ3v) is 4.09. The fourth-order valence-electron chi connectivity index (χ4n) is 1.59. The third kappa shape index (κ3) is 4.31. The summed E-state index contributed by atoms with van der Waals surface area (Å²) in [7, 11) is 0. The first-order valence-corrected chi connectivity index (χ1v) is 7.97. The molecule has 4 nitrogen and oxygen atoms in total. The smallest absolute Gasteiger partial charge is 0.229 e. The summed E-state index contributed by atoms with van der Waals surface area (Å²) in [6.45, 7) is 9.65. The molecule has 0 aliphatic rings. The van der Waals surface area contributed by atoms with Crippen molar-refractivity contribution >= 4 is 23.4 Å². The Hall–Kier alpha value is -1.88. The van der Waals surface area contributed by atoms with Gasteiger partial charge in [-0.2, -0.15) is 0 Å². The Morgan fingerprint density at radius 1 is 1.14 bits per heavy atom. The molecule has 0 saturated heterocycles. The predicted molar refractivity (Wildman–Crippen MR) is 90.2 cm³/mol. The molecule has 0 spiro atoms. The van der Waals surface area contributed by atoms with E-state index < -0.39 is 5.41 Å². The van der Waals surface area contributed by atoms with Gasteiger partial charge in [0.25, 0.3) is 0 Å². The molecule has 22 heavy (non-hydrogen) atoms. The number of aryl methyl sites for hydroxylation is 2. The van der Waals surface area contributed by atoms with Crippen molar-refractivity contribution in [2.45, 2.75) is 44.7 Å². The minimum absolute atomic E-state index is 0.00500. The minimum atomic E-state index is -0.402. The molecule has 1 amide bonds. The lowest BCUT2D eigenvalue weighted by atomic mass is 9.95. The van der Waals surface area contributed by atoms with Crippen molar-refractivity contribution in [1.82, 2.24) is 9.97 Å². The summed E-state index contributed by atoms with van der Waals surface area (Å²) in [5.41, 5.74) is 2.47. The number of rotatable bonds is 3. The lowest BCUT2D eigenvalue weighted by molar-refractivity contribution is -0.123. The van der Waals surface area contributed by atoms with Gasteiger partial charge in [-0.05, 0) is 55.4 Å². The molecule has 116 valence electrons. The molecule has 2 rings (SSSR count). The van der Waals surface area contributed by atoms with Crippen LogP contribution in [0.4, 0.5) is 5.69 Å². The molecule has 0 aliphatic carbocycles. The van der Waals surface area contributed by atoms with Crippen LogP contribution >= 0.6 is 11.8 Å². The topological polar surface area (TPSA) is 54.9 Å². The number of carbonyl (C=O) groups is 1. The molecule has 0 aliphatic heterocycles. The molecule has 0 bridgehead atoms. The molecule has 1 heterocycles. The number of anilines is 1. The molecule has 0 fully saturated rings. The molecular formula is C17H21N3OS. The summed E-state index contributed by atoms with van der Waals surface area (Å²) in [4.78, 5) is 21.8. The van der Waals surface area contributed by atoms with Crippen LogP contribution in [0.25, 0.3) is 0 Å². The van der Waals surface area contributed by atoms with Gasteiger partial charge in [-0.3, -0.25) is 4.79 Å². The number of hydrogen-bond acceptors (Lipinski definition) is 4. The van der Waals surface area contributed by atoms with E-state index in [0.29, 0.717) is 0 Å². The van der Waals surface area contributed by atoms with Gasteiger partial charge >= 0.3 is 0 Å². The molecule has 0 saturated carbocycles. The number of nitrogens with one attached hydrogen (secondary N) is 1. The highest BCUT2D eigenvalue weighted by Crippen LogP contribution is 2.26. The van der Waals surface area contributed by atoms with E-state index in [0.717, 1.165) is 27.0 Å². The number of hydrogen-bond donors (Lipinski definition) is 1. The normalized spacial score (nSPS) is 11.3. The zero-order chi connectivity index (χ0) is 16.3. The van der Waals surface area contributed by atoms with Crippen LogP contribution in [-0.2, 0) is 4.79 Å². The maximum Gasteiger partial charge on any atom is 0.229 e. The van der Waals surface area contributed by atoms with Crippen LogP contribution in [0.15, 0.2) is 40.5 Å².